The maximum absolute atomic E-state index is 12.0. The van der Waals surface area contributed by atoms with Gasteiger partial charge in [0.2, 0.25) is 0 Å². The lowest BCUT2D eigenvalue weighted by Crippen LogP contribution is -2.14. The fraction of sp³-hybridized carbons (Fsp3) is 0.143. The van der Waals surface area contributed by atoms with Gasteiger partial charge in [0.15, 0.2) is 0 Å². The third kappa shape index (κ3) is 3.53. The minimum absolute atomic E-state index is 0.109. The van der Waals surface area contributed by atoms with Crippen molar-refractivity contribution in [2.75, 3.05) is 17.3 Å². The van der Waals surface area contributed by atoms with E-state index in [1.165, 1.54) is 6.20 Å². The molecule has 0 saturated heterocycles. The summed E-state index contributed by atoms with van der Waals surface area (Å²) in [6.07, 6.45) is 2.11. The fourth-order valence-corrected chi connectivity index (χ4v) is 1.74. The number of nitrogens with one attached hydrogen (secondary N) is 2. The largest absolute Gasteiger partial charge is 0.396 e. The van der Waals surface area contributed by atoms with Crippen molar-refractivity contribution in [3.63, 3.8) is 0 Å². The summed E-state index contributed by atoms with van der Waals surface area (Å²) in [4.78, 5) is 16.0. The number of hydrazine groups is 1. The number of hydrogen-bond donors (Lipinski definition) is 4. The minimum Gasteiger partial charge on any atom is -0.396 e. The molecule has 20 heavy (non-hydrogen) atoms. The van der Waals surface area contributed by atoms with Gasteiger partial charge in [-0.1, -0.05) is 12.1 Å². The van der Waals surface area contributed by atoms with Gasteiger partial charge in [-0.2, -0.15) is 0 Å². The van der Waals surface area contributed by atoms with E-state index in [0.717, 1.165) is 5.56 Å². The number of pyridine rings is 1. The Bertz CT molecular complexity index is 584. The first-order valence-corrected chi connectivity index (χ1v) is 6.17. The summed E-state index contributed by atoms with van der Waals surface area (Å²) in [5, 5.41) is 11.6. The number of nitrogens with zero attached hydrogens (tertiary/aromatic N) is 1. The van der Waals surface area contributed by atoms with Gasteiger partial charge in [0.25, 0.3) is 5.91 Å². The Morgan fingerprint density at radius 2 is 2.00 bits per heavy atom. The van der Waals surface area contributed by atoms with E-state index in [2.05, 4.69) is 15.7 Å². The van der Waals surface area contributed by atoms with Crippen LogP contribution in [-0.4, -0.2) is 22.6 Å². The number of carbonyl (C=O) groups excluding carboxylic acids is 1. The highest BCUT2D eigenvalue weighted by Gasteiger charge is 2.07. The van der Waals surface area contributed by atoms with Crippen molar-refractivity contribution in [1.29, 1.82) is 0 Å². The Balaban J connectivity index is 2.06. The summed E-state index contributed by atoms with van der Waals surface area (Å²) in [5.41, 5.74) is 4.57. The van der Waals surface area contributed by atoms with Crippen molar-refractivity contribution >= 4 is 17.4 Å². The van der Waals surface area contributed by atoms with E-state index >= 15 is 0 Å². The van der Waals surface area contributed by atoms with E-state index in [0.29, 0.717) is 23.5 Å². The molecule has 104 valence electrons. The highest BCUT2D eigenvalue weighted by Crippen LogP contribution is 2.13. The molecule has 0 unspecified atom stereocenters. The second kappa shape index (κ2) is 6.65. The molecule has 1 heterocycles. The Kier molecular flexibility index (Phi) is 4.65. The molecule has 5 N–H and O–H groups in total. The summed E-state index contributed by atoms with van der Waals surface area (Å²) in [6, 6.07) is 10.5. The van der Waals surface area contributed by atoms with Crippen molar-refractivity contribution in [3.05, 3.63) is 53.7 Å². The Hall–Kier alpha value is -2.44. The van der Waals surface area contributed by atoms with Gasteiger partial charge < -0.3 is 15.8 Å². The Morgan fingerprint density at radius 3 is 2.65 bits per heavy atom. The summed E-state index contributed by atoms with van der Waals surface area (Å²) in [7, 11) is 0. The number of aliphatic hydroxyl groups excluding tert-OH is 1. The number of amides is 1. The van der Waals surface area contributed by atoms with Gasteiger partial charge >= 0.3 is 0 Å². The van der Waals surface area contributed by atoms with Crippen LogP contribution in [0.4, 0.5) is 11.5 Å². The number of nitrogens with two attached hydrogens (primary N) is 1. The van der Waals surface area contributed by atoms with Gasteiger partial charge in [-0.05, 0) is 36.2 Å². The molecule has 6 heteroatoms. The first-order valence-electron chi connectivity index (χ1n) is 6.17. The first kappa shape index (κ1) is 14.0. The van der Waals surface area contributed by atoms with Crippen LogP contribution in [0.5, 0.6) is 0 Å². The van der Waals surface area contributed by atoms with Crippen molar-refractivity contribution in [1.82, 2.24) is 4.98 Å². The number of anilines is 2. The molecule has 2 aromatic rings. The predicted molar refractivity (Wildman–Crippen MR) is 77.2 cm³/mol. The van der Waals surface area contributed by atoms with Crippen LogP contribution in [-0.2, 0) is 6.42 Å². The number of carbonyl (C=O) groups is 1. The second-order valence-electron chi connectivity index (χ2n) is 4.20. The maximum Gasteiger partial charge on any atom is 0.255 e. The molecular weight excluding hydrogens is 256 g/mol. The Morgan fingerprint density at radius 1 is 1.25 bits per heavy atom. The van der Waals surface area contributed by atoms with Gasteiger partial charge in [0.05, 0.1) is 0 Å². The van der Waals surface area contributed by atoms with Crippen LogP contribution in [0, 0.1) is 0 Å². The molecule has 0 aliphatic heterocycles. The van der Waals surface area contributed by atoms with E-state index in [-0.39, 0.29) is 12.5 Å². The molecule has 2 rings (SSSR count). The number of rotatable bonds is 5. The number of hydrogen-bond acceptors (Lipinski definition) is 5. The molecule has 0 atom stereocenters. The van der Waals surface area contributed by atoms with E-state index in [1.54, 1.807) is 24.3 Å². The molecule has 0 aliphatic rings. The summed E-state index contributed by atoms with van der Waals surface area (Å²) in [6.45, 7) is 0.109. The molecular formula is C14H16N4O2. The van der Waals surface area contributed by atoms with Gasteiger partial charge in [-0.25, -0.2) is 10.8 Å². The van der Waals surface area contributed by atoms with E-state index in [9.17, 15) is 4.79 Å². The molecule has 0 aliphatic carbocycles. The quantitative estimate of drug-likeness (QED) is 0.483. The normalized spacial score (nSPS) is 10.1. The van der Waals surface area contributed by atoms with Gasteiger partial charge in [0, 0.05) is 24.1 Å². The monoisotopic (exact) mass is 272 g/mol. The third-order valence-electron chi connectivity index (χ3n) is 2.78. The lowest BCUT2D eigenvalue weighted by atomic mass is 10.1. The summed E-state index contributed by atoms with van der Waals surface area (Å²) in [5.74, 6) is 5.44. The molecule has 0 bridgehead atoms. The average molecular weight is 272 g/mol. The zero-order chi connectivity index (χ0) is 14.4. The number of benzene rings is 1. The second-order valence-corrected chi connectivity index (χ2v) is 4.20. The molecule has 0 fully saturated rings. The summed E-state index contributed by atoms with van der Waals surface area (Å²) < 4.78 is 0. The van der Waals surface area contributed by atoms with Crippen LogP contribution in [0.2, 0.25) is 0 Å². The number of aromatic nitrogens is 1. The van der Waals surface area contributed by atoms with Crippen molar-refractivity contribution in [3.8, 4) is 0 Å². The highest BCUT2D eigenvalue weighted by atomic mass is 16.2. The smallest absolute Gasteiger partial charge is 0.255 e. The summed E-state index contributed by atoms with van der Waals surface area (Å²) >= 11 is 0. The van der Waals surface area contributed by atoms with Gasteiger partial charge in [0.1, 0.15) is 5.82 Å². The lowest BCUT2D eigenvalue weighted by Gasteiger charge is -2.07. The Labute approximate surface area is 116 Å². The average Bonchev–Trinajstić information content (AvgIpc) is 2.49. The maximum atomic E-state index is 12.0. The van der Waals surface area contributed by atoms with Crippen LogP contribution in [0.15, 0.2) is 42.6 Å². The molecule has 0 spiro atoms. The topological polar surface area (TPSA) is 100 Å². The predicted octanol–water partition coefficient (Wildman–Crippen LogP) is 1.15. The van der Waals surface area contributed by atoms with E-state index in [1.807, 2.05) is 12.1 Å². The third-order valence-corrected chi connectivity index (χ3v) is 2.78. The SMILES string of the molecule is NNc1cc(C(=O)Nc2ccc(CCO)cc2)ccn1. The van der Waals surface area contributed by atoms with Crippen LogP contribution in [0.25, 0.3) is 0 Å². The standard InChI is InChI=1S/C14H16N4O2/c15-18-13-9-11(5-7-16-13)14(20)17-12-3-1-10(2-4-12)6-8-19/h1-5,7,9,19H,6,8,15H2,(H,16,18)(H,17,20). The lowest BCUT2D eigenvalue weighted by molar-refractivity contribution is 0.102. The molecule has 1 aromatic heterocycles. The first-order chi connectivity index (χ1) is 9.72. The zero-order valence-electron chi connectivity index (χ0n) is 10.8. The van der Waals surface area contributed by atoms with Gasteiger partial charge in [-0.15, -0.1) is 0 Å². The highest BCUT2D eigenvalue weighted by molar-refractivity contribution is 6.04. The van der Waals surface area contributed by atoms with E-state index in [4.69, 9.17) is 10.9 Å². The molecule has 1 amide bonds. The molecule has 6 nitrogen and oxygen atoms in total. The molecule has 0 radical (unpaired) electrons. The van der Waals surface area contributed by atoms with Crippen LogP contribution < -0.4 is 16.6 Å². The number of aliphatic hydroxyl groups is 1. The van der Waals surface area contributed by atoms with Crippen LogP contribution in [0.3, 0.4) is 0 Å². The van der Waals surface area contributed by atoms with Crippen LogP contribution in [0.1, 0.15) is 15.9 Å². The van der Waals surface area contributed by atoms with Crippen molar-refractivity contribution in [2.24, 2.45) is 5.84 Å². The van der Waals surface area contributed by atoms with E-state index < -0.39 is 0 Å². The van der Waals surface area contributed by atoms with Crippen molar-refractivity contribution in [2.45, 2.75) is 6.42 Å². The fourth-order valence-electron chi connectivity index (χ4n) is 1.74. The van der Waals surface area contributed by atoms with Crippen molar-refractivity contribution < 1.29 is 9.90 Å². The number of nitrogen functional groups attached to an aromatic ring is 1. The zero-order valence-corrected chi connectivity index (χ0v) is 10.8. The molecule has 1 aromatic carbocycles. The minimum atomic E-state index is -0.237. The van der Waals surface area contributed by atoms with Crippen LogP contribution >= 0.6 is 0 Å². The molecule has 0 saturated carbocycles. The van der Waals surface area contributed by atoms with Gasteiger partial charge in [-0.3, -0.25) is 4.79 Å².